The van der Waals surface area contributed by atoms with Crippen molar-refractivity contribution in [2.45, 2.75) is 25.1 Å². The summed E-state index contributed by atoms with van der Waals surface area (Å²) in [7, 11) is 1.32. The molecule has 9 heteroatoms. The van der Waals surface area contributed by atoms with E-state index < -0.39 is 12.1 Å². The number of ether oxygens (including phenoxy) is 2. The summed E-state index contributed by atoms with van der Waals surface area (Å²) in [5.74, 6) is -0.0618. The molecule has 0 spiro atoms. The molecule has 37 heavy (non-hydrogen) atoms. The van der Waals surface area contributed by atoms with Crippen LogP contribution in [0, 0.1) is 0 Å². The summed E-state index contributed by atoms with van der Waals surface area (Å²) in [6, 6.07) is 21.4. The molecule has 2 atom stereocenters. The van der Waals surface area contributed by atoms with Crippen molar-refractivity contribution in [3.05, 3.63) is 83.9 Å². The van der Waals surface area contributed by atoms with Crippen molar-refractivity contribution in [2.24, 2.45) is 0 Å². The lowest BCUT2D eigenvalue weighted by Crippen LogP contribution is -2.40. The van der Waals surface area contributed by atoms with Gasteiger partial charge in [-0.3, -0.25) is 4.79 Å². The van der Waals surface area contributed by atoms with Crippen LogP contribution in [0.5, 0.6) is 5.75 Å². The number of carbonyl (C=O) groups excluding carboxylic acids is 2. The predicted octanol–water partition coefficient (Wildman–Crippen LogP) is 4.92. The summed E-state index contributed by atoms with van der Waals surface area (Å²) in [6.45, 7) is 0.211. The number of methoxy groups -OCH3 is 1. The van der Waals surface area contributed by atoms with Crippen molar-refractivity contribution in [2.75, 3.05) is 25.6 Å². The van der Waals surface area contributed by atoms with Crippen molar-refractivity contribution in [3.8, 4) is 5.75 Å². The standard InChI is InChI=1S/C28H26FN3O5/c1-35-27(34)19-8-12-23(13-9-19)36-17-22-15-20(29)16-32(22)26(33)14-18-6-10-21(11-7-18)30-28-31-24-4-2-3-5-25(24)37-28/h2-13,20,22H,14-17H2,1H3,(H,30,31)/t20-,22-/m0/s1. The molecule has 1 aromatic heterocycles. The van der Waals surface area contributed by atoms with Crippen LogP contribution in [0.3, 0.4) is 0 Å². The largest absolute Gasteiger partial charge is 0.491 e. The Morgan fingerprint density at radius 3 is 2.57 bits per heavy atom. The van der Waals surface area contributed by atoms with Crippen LogP contribution in [0.25, 0.3) is 11.1 Å². The van der Waals surface area contributed by atoms with E-state index in [1.54, 1.807) is 29.2 Å². The molecule has 190 valence electrons. The zero-order chi connectivity index (χ0) is 25.8. The first-order valence-electron chi connectivity index (χ1n) is 11.9. The molecule has 1 fully saturated rings. The Kier molecular flexibility index (Phi) is 7.02. The van der Waals surface area contributed by atoms with Crippen LogP contribution < -0.4 is 10.1 Å². The Labute approximate surface area is 213 Å². The van der Waals surface area contributed by atoms with Gasteiger partial charge < -0.3 is 24.1 Å². The number of esters is 1. The van der Waals surface area contributed by atoms with Gasteiger partial charge in [0.2, 0.25) is 5.91 Å². The maximum atomic E-state index is 14.2. The van der Waals surface area contributed by atoms with Gasteiger partial charge in [0.15, 0.2) is 5.58 Å². The van der Waals surface area contributed by atoms with Crippen molar-refractivity contribution >= 4 is 34.7 Å². The molecule has 0 bridgehead atoms. The number of amides is 1. The molecule has 3 aromatic carbocycles. The van der Waals surface area contributed by atoms with Crippen LogP contribution in [0.1, 0.15) is 22.3 Å². The summed E-state index contributed by atoms with van der Waals surface area (Å²) in [4.78, 5) is 30.5. The summed E-state index contributed by atoms with van der Waals surface area (Å²) in [6.07, 6.45) is -0.721. The molecule has 2 heterocycles. The average Bonchev–Trinajstić information content (AvgIpc) is 3.50. The Hall–Kier alpha value is -4.40. The number of nitrogens with one attached hydrogen (secondary N) is 1. The van der Waals surface area contributed by atoms with Gasteiger partial charge in [0.05, 0.1) is 31.7 Å². The smallest absolute Gasteiger partial charge is 0.337 e. The van der Waals surface area contributed by atoms with Crippen LogP contribution in [-0.4, -0.2) is 54.2 Å². The summed E-state index contributed by atoms with van der Waals surface area (Å²) >= 11 is 0. The third kappa shape index (κ3) is 5.72. The number of rotatable bonds is 8. The number of likely N-dealkylation sites (tertiary alicyclic amines) is 1. The molecule has 1 amide bonds. The normalized spacial score (nSPS) is 17.1. The second-order valence-electron chi connectivity index (χ2n) is 8.85. The number of aromatic nitrogens is 1. The highest BCUT2D eigenvalue weighted by Gasteiger charge is 2.35. The molecule has 1 saturated heterocycles. The number of alkyl halides is 1. The van der Waals surface area contributed by atoms with Gasteiger partial charge in [-0.05, 0) is 54.1 Å². The van der Waals surface area contributed by atoms with E-state index in [4.69, 9.17) is 9.15 Å². The van der Waals surface area contributed by atoms with Crippen molar-refractivity contribution in [3.63, 3.8) is 0 Å². The molecule has 1 N–H and O–H groups in total. The van der Waals surface area contributed by atoms with E-state index >= 15 is 0 Å². The lowest BCUT2D eigenvalue weighted by atomic mass is 10.1. The third-order valence-electron chi connectivity index (χ3n) is 6.26. The first kappa shape index (κ1) is 24.3. The minimum absolute atomic E-state index is 0.0471. The van der Waals surface area contributed by atoms with Gasteiger partial charge in [-0.2, -0.15) is 4.98 Å². The molecule has 8 nitrogen and oxygen atoms in total. The van der Waals surface area contributed by atoms with Crippen molar-refractivity contribution < 1.29 is 27.9 Å². The molecule has 0 radical (unpaired) electrons. The second kappa shape index (κ2) is 10.7. The van der Waals surface area contributed by atoms with E-state index in [-0.39, 0.29) is 37.9 Å². The van der Waals surface area contributed by atoms with Crippen LogP contribution in [0.4, 0.5) is 16.1 Å². The monoisotopic (exact) mass is 503 g/mol. The SMILES string of the molecule is COC(=O)c1ccc(OC[C@@H]2C[C@H](F)CN2C(=O)Cc2ccc(Nc3nc4ccccc4o3)cc2)cc1. The Morgan fingerprint density at radius 1 is 1.08 bits per heavy atom. The highest BCUT2D eigenvalue weighted by Crippen LogP contribution is 2.25. The molecule has 1 aliphatic heterocycles. The number of anilines is 2. The fraction of sp³-hybridized carbons (Fsp3) is 0.250. The quantitative estimate of drug-likeness (QED) is 0.341. The zero-order valence-corrected chi connectivity index (χ0v) is 20.2. The lowest BCUT2D eigenvalue weighted by Gasteiger charge is -2.24. The first-order chi connectivity index (χ1) is 18.0. The summed E-state index contributed by atoms with van der Waals surface area (Å²) in [5.41, 5.74) is 3.46. The summed E-state index contributed by atoms with van der Waals surface area (Å²) in [5, 5.41) is 3.12. The molecule has 0 saturated carbocycles. The Morgan fingerprint density at radius 2 is 1.84 bits per heavy atom. The van der Waals surface area contributed by atoms with E-state index in [0.29, 0.717) is 22.9 Å². The van der Waals surface area contributed by atoms with Crippen molar-refractivity contribution in [1.82, 2.24) is 9.88 Å². The Bertz CT molecular complexity index is 1350. The minimum atomic E-state index is -1.10. The molecule has 0 unspecified atom stereocenters. The topological polar surface area (TPSA) is 93.9 Å². The predicted molar refractivity (Wildman–Crippen MR) is 136 cm³/mol. The van der Waals surface area contributed by atoms with Gasteiger partial charge in [-0.15, -0.1) is 0 Å². The van der Waals surface area contributed by atoms with Gasteiger partial charge in [0.1, 0.15) is 24.0 Å². The third-order valence-corrected chi connectivity index (χ3v) is 6.26. The molecular formula is C28H26FN3O5. The minimum Gasteiger partial charge on any atom is -0.491 e. The number of nitrogens with zero attached hydrogens (tertiary/aromatic N) is 2. The number of carbonyl (C=O) groups is 2. The van der Waals surface area contributed by atoms with E-state index in [9.17, 15) is 14.0 Å². The number of fused-ring (bicyclic) bond motifs is 1. The van der Waals surface area contributed by atoms with Gasteiger partial charge in [-0.1, -0.05) is 24.3 Å². The average molecular weight is 504 g/mol. The van der Waals surface area contributed by atoms with E-state index in [1.165, 1.54) is 7.11 Å². The maximum absolute atomic E-state index is 14.2. The van der Waals surface area contributed by atoms with E-state index in [0.717, 1.165) is 16.8 Å². The number of oxazole rings is 1. The highest BCUT2D eigenvalue weighted by molar-refractivity contribution is 5.89. The van der Waals surface area contributed by atoms with Crippen LogP contribution >= 0.6 is 0 Å². The van der Waals surface area contributed by atoms with Gasteiger partial charge >= 0.3 is 5.97 Å². The van der Waals surface area contributed by atoms with E-state index in [1.807, 2.05) is 48.5 Å². The fourth-order valence-corrected chi connectivity index (χ4v) is 4.35. The maximum Gasteiger partial charge on any atom is 0.337 e. The van der Waals surface area contributed by atoms with Gasteiger partial charge in [0, 0.05) is 12.1 Å². The van der Waals surface area contributed by atoms with Crippen LogP contribution in [0.15, 0.2) is 77.2 Å². The second-order valence-corrected chi connectivity index (χ2v) is 8.85. The number of hydrogen-bond acceptors (Lipinski definition) is 7. The van der Waals surface area contributed by atoms with Crippen LogP contribution in [0.2, 0.25) is 0 Å². The summed E-state index contributed by atoms with van der Waals surface area (Å²) < 4.78 is 30.4. The molecule has 0 aliphatic carbocycles. The molecule has 5 rings (SSSR count). The Balaban J connectivity index is 1.17. The fourth-order valence-electron chi connectivity index (χ4n) is 4.35. The number of benzene rings is 3. The molecule has 1 aliphatic rings. The first-order valence-corrected chi connectivity index (χ1v) is 11.9. The number of para-hydroxylation sites is 2. The lowest BCUT2D eigenvalue weighted by molar-refractivity contribution is -0.132. The zero-order valence-electron chi connectivity index (χ0n) is 20.2. The van der Waals surface area contributed by atoms with Gasteiger partial charge in [-0.25, -0.2) is 9.18 Å². The molecule has 4 aromatic rings. The number of halogens is 1. The van der Waals surface area contributed by atoms with Crippen LogP contribution in [-0.2, 0) is 16.0 Å². The highest BCUT2D eigenvalue weighted by atomic mass is 19.1. The number of hydrogen-bond donors (Lipinski definition) is 1. The van der Waals surface area contributed by atoms with Gasteiger partial charge in [0.25, 0.3) is 6.01 Å². The van der Waals surface area contributed by atoms with E-state index in [2.05, 4.69) is 15.0 Å². The molecular weight excluding hydrogens is 477 g/mol. The van der Waals surface area contributed by atoms with Crippen molar-refractivity contribution in [1.29, 1.82) is 0 Å².